The Balaban J connectivity index is 1.29. The third kappa shape index (κ3) is 4.70. The molecule has 1 aliphatic carbocycles. The lowest BCUT2D eigenvalue weighted by Crippen LogP contribution is -2.55. The van der Waals surface area contributed by atoms with Crippen molar-refractivity contribution < 1.29 is 19.1 Å². The Bertz CT molecular complexity index is 906. The van der Waals surface area contributed by atoms with Crippen molar-refractivity contribution in [3.8, 4) is 0 Å². The van der Waals surface area contributed by atoms with E-state index in [2.05, 4.69) is 22.2 Å². The van der Waals surface area contributed by atoms with Crippen molar-refractivity contribution in [1.82, 2.24) is 15.1 Å². The number of likely N-dealkylation sites (tertiary alicyclic amines) is 1. The molecule has 34 heavy (non-hydrogen) atoms. The van der Waals surface area contributed by atoms with Crippen molar-refractivity contribution in [3.63, 3.8) is 0 Å². The van der Waals surface area contributed by atoms with Gasteiger partial charge in [0.15, 0.2) is 5.78 Å². The predicted octanol–water partition coefficient (Wildman–Crippen LogP) is 1.69. The van der Waals surface area contributed by atoms with Gasteiger partial charge in [-0.2, -0.15) is 0 Å². The van der Waals surface area contributed by atoms with Crippen LogP contribution in [0.1, 0.15) is 48.9 Å². The van der Waals surface area contributed by atoms with Gasteiger partial charge in [-0.1, -0.05) is 19.3 Å². The zero-order valence-corrected chi connectivity index (χ0v) is 20.1. The number of likely N-dealkylation sites (N-methyl/N-ethyl adjacent to an activating group) is 1. The summed E-state index contributed by atoms with van der Waals surface area (Å²) in [6.45, 7) is 4.60. The van der Waals surface area contributed by atoms with Gasteiger partial charge in [0.2, 0.25) is 5.91 Å². The normalized spacial score (nSPS) is 27.0. The topological polar surface area (TPSA) is 82.2 Å². The van der Waals surface area contributed by atoms with Gasteiger partial charge >= 0.3 is 0 Å². The quantitative estimate of drug-likeness (QED) is 0.708. The number of benzene rings is 1. The van der Waals surface area contributed by atoms with Gasteiger partial charge in [0.05, 0.1) is 6.10 Å². The van der Waals surface area contributed by atoms with E-state index >= 15 is 0 Å². The number of amides is 2. The molecule has 0 spiro atoms. The fourth-order valence-corrected chi connectivity index (χ4v) is 5.98. The maximum absolute atomic E-state index is 13.7. The summed E-state index contributed by atoms with van der Waals surface area (Å²) in [5.41, 5.74) is 1.68. The van der Waals surface area contributed by atoms with Crippen molar-refractivity contribution >= 4 is 23.3 Å². The number of hydrogen-bond acceptors (Lipinski definition) is 6. The molecule has 0 bridgehead atoms. The van der Waals surface area contributed by atoms with Crippen molar-refractivity contribution in [3.05, 3.63) is 29.8 Å². The minimum atomic E-state index is -0.600. The summed E-state index contributed by atoms with van der Waals surface area (Å²) in [6.07, 6.45) is 5.63. The first-order chi connectivity index (χ1) is 16.5. The predicted molar refractivity (Wildman–Crippen MR) is 129 cm³/mol. The first-order valence-electron chi connectivity index (χ1n) is 12.8. The highest BCUT2D eigenvalue weighted by atomic mass is 16.5. The van der Waals surface area contributed by atoms with Crippen LogP contribution in [0.5, 0.6) is 0 Å². The Morgan fingerprint density at radius 1 is 0.971 bits per heavy atom. The number of hydrogen-bond donors (Lipinski definition) is 1. The van der Waals surface area contributed by atoms with E-state index in [9.17, 15) is 14.4 Å². The Morgan fingerprint density at radius 3 is 2.38 bits per heavy atom. The van der Waals surface area contributed by atoms with E-state index in [1.807, 2.05) is 24.3 Å². The molecule has 4 fully saturated rings. The second-order valence-electron chi connectivity index (χ2n) is 10.3. The smallest absolute Gasteiger partial charge is 0.251 e. The Labute approximate surface area is 201 Å². The first kappa shape index (κ1) is 23.3. The van der Waals surface area contributed by atoms with Gasteiger partial charge < -0.3 is 24.8 Å². The highest BCUT2D eigenvalue weighted by molar-refractivity contribution is 5.99. The number of anilines is 1. The number of nitrogens with zero attached hydrogens (tertiary/aromatic N) is 3. The number of piperazine rings is 1. The number of nitrogens with one attached hydrogen (secondary N) is 1. The molecule has 3 aliphatic heterocycles. The molecule has 2 amide bonds. The number of rotatable bonds is 5. The fourth-order valence-electron chi connectivity index (χ4n) is 5.98. The minimum absolute atomic E-state index is 0.0240. The van der Waals surface area contributed by atoms with Gasteiger partial charge in [-0.15, -0.1) is 0 Å². The average molecular weight is 469 g/mol. The van der Waals surface area contributed by atoms with Gasteiger partial charge in [-0.25, -0.2) is 0 Å². The monoisotopic (exact) mass is 468 g/mol. The molecule has 4 aliphatic rings. The third-order valence-electron chi connectivity index (χ3n) is 8.07. The molecule has 3 atom stereocenters. The molecule has 1 aromatic carbocycles. The standard InChI is InChI=1S/C26H36N4O4/c1-28-13-15-29(16-14-28)20-9-7-19(8-10-20)25(32)27-23(18-5-3-2-4-6-18)26(33)30-12-11-22-24(30)21(31)17-34-22/h7-10,18,22-24H,2-6,11-17H2,1H3,(H,27,32)/t22-,23?,24?/m0/s1. The number of carbonyl (C=O) groups excluding carboxylic acids is 3. The van der Waals surface area contributed by atoms with Crippen LogP contribution in [-0.4, -0.2) is 92.0 Å². The van der Waals surface area contributed by atoms with E-state index in [4.69, 9.17) is 4.74 Å². The zero-order chi connectivity index (χ0) is 23.7. The lowest BCUT2D eigenvalue weighted by atomic mass is 9.83. The highest BCUT2D eigenvalue weighted by Gasteiger charge is 2.49. The molecule has 5 rings (SSSR count). The maximum Gasteiger partial charge on any atom is 0.251 e. The molecule has 2 unspecified atom stereocenters. The van der Waals surface area contributed by atoms with Crippen LogP contribution in [0, 0.1) is 5.92 Å². The largest absolute Gasteiger partial charge is 0.369 e. The van der Waals surface area contributed by atoms with Gasteiger partial charge in [0.25, 0.3) is 5.91 Å². The van der Waals surface area contributed by atoms with Crippen LogP contribution in [0.2, 0.25) is 0 Å². The molecule has 8 heteroatoms. The number of Topliss-reactive ketones (excluding diaryl/α,β-unsaturated/α-hetero) is 1. The molecule has 184 valence electrons. The second kappa shape index (κ2) is 10.0. The third-order valence-corrected chi connectivity index (χ3v) is 8.07. The summed E-state index contributed by atoms with van der Waals surface area (Å²) in [7, 11) is 2.13. The molecule has 1 saturated carbocycles. The molecular formula is C26H36N4O4. The SMILES string of the molecule is CN1CCN(c2ccc(C(=O)NC(C(=O)N3CC[C@@H]4OCC(=O)C43)C3CCCCC3)cc2)CC1. The molecule has 1 N–H and O–H groups in total. The average Bonchev–Trinajstić information content (AvgIpc) is 3.46. The zero-order valence-electron chi connectivity index (χ0n) is 20.1. The molecule has 0 radical (unpaired) electrons. The Hall–Kier alpha value is -2.45. The number of fused-ring (bicyclic) bond motifs is 1. The van der Waals surface area contributed by atoms with Crippen molar-refractivity contribution in [1.29, 1.82) is 0 Å². The van der Waals surface area contributed by atoms with Crippen LogP contribution in [0.3, 0.4) is 0 Å². The van der Waals surface area contributed by atoms with Crippen LogP contribution >= 0.6 is 0 Å². The number of ether oxygens (including phenoxy) is 1. The van der Waals surface area contributed by atoms with Crippen molar-refractivity contribution in [2.75, 3.05) is 51.3 Å². The Morgan fingerprint density at radius 2 is 1.68 bits per heavy atom. The van der Waals surface area contributed by atoms with E-state index in [1.165, 1.54) is 6.42 Å². The molecule has 3 saturated heterocycles. The second-order valence-corrected chi connectivity index (χ2v) is 10.3. The van der Waals surface area contributed by atoms with Crippen LogP contribution in [0.15, 0.2) is 24.3 Å². The lowest BCUT2D eigenvalue weighted by Gasteiger charge is -2.34. The fraction of sp³-hybridized carbons (Fsp3) is 0.654. The number of carbonyl (C=O) groups is 3. The van der Waals surface area contributed by atoms with E-state index < -0.39 is 12.1 Å². The minimum Gasteiger partial charge on any atom is -0.369 e. The van der Waals surface area contributed by atoms with E-state index in [1.54, 1.807) is 4.90 Å². The van der Waals surface area contributed by atoms with E-state index in [0.29, 0.717) is 18.5 Å². The summed E-state index contributed by atoms with van der Waals surface area (Å²) in [5.74, 6) is -0.269. The van der Waals surface area contributed by atoms with E-state index in [-0.39, 0.29) is 36.2 Å². The first-order valence-corrected chi connectivity index (χ1v) is 12.8. The highest BCUT2D eigenvalue weighted by Crippen LogP contribution is 2.32. The summed E-state index contributed by atoms with van der Waals surface area (Å²) in [6, 6.07) is 6.61. The molecule has 0 aromatic heterocycles. The maximum atomic E-state index is 13.7. The van der Waals surface area contributed by atoms with Crippen molar-refractivity contribution in [2.24, 2.45) is 5.92 Å². The van der Waals surface area contributed by atoms with Gasteiger partial charge in [0, 0.05) is 44.0 Å². The van der Waals surface area contributed by atoms with Crippen LogP contribution < -0.4 is 10.2 Å². The number of ketones is 1. The van der Waals surface area contributed by atoms with Crippen molar-refractivity contribution in [2.45, 2.75) is 56.7 Å². The van der Waals surface area contributed by atoms with Gasteiger partial charge in [0.1, 0.15) is 18.7 Å². The molecule has 8 nitrogen and oxygen atoms in total. The van der Waals surface area contributed by atoms with Crippen LogP contribution in [0.4, 0.5) is 5.69 Å². The van der Waals surface area contributed by atoms with Crippen LogP contribution in [-0.2, 0) is 14.3 Å². The summed E-state index contributed by atoms with van der Waals surface area (Å²) >= 11 is 0. The Kier molecular flexibility index (Phi) is 6.88. The molecule has 1 aromatic rings. The van der Waals surface area contributed by atoms with Gasteiger partial charge in [-0.3, -0.25) is 14.4 Å². The van der Waals surface area contributed by atoms with Crippen LogP contribution in [0.25, 0.3) is 0 Å². The molecular weight excluding hydrogens is 432 g/mol. The van der Waals surface area contributed by atoms with E-state index in [0.717, 1.165) is 57.5 Å². The summed E-state index contributed by atoms with van der Waals surface area (Å²) < 4.78 is 5.57. The van der Waals surface area contributed by atoms with Gasteiger partial charge in [-0.05, 0) is 56.5 Å². The molecule has 3 heterocycles. The summed E-state index contributed by atoms with van der Waals surface area (Å²) in [5, 5.41) is 3.08. The lowest BCUT2D eigenvalue weighted by molar-refractivity contribution is -0.139. The summed E-state index contributed by atoms with van der Waals surface area (Å²) in [4.78, 5) is 45.6.